The minimum atomic E-state index is -2.96. The summed E-state index contributed by atoms with van der Waals surface area (Å²) in [6, 6.07) is 0.594. The Bertz CT molecular complexity index is 276. The predicted molar refractivity (Wildman–Crippen MR) is 93.5 cm³/mol. The molecule has 0 rings (SSSR count). The van der Waals surface area contributed by atoms with E-state index in [2.05, 4.69) is 6.58 Å². The fourth-order valence-electron chi connectivity index (χ4n) is 1.62. The summed E-state index contributed by atoms with van der Waals surface area (Å²) in [4.78, 5) is 0. The van der Waals surface area contributed by atoms with Crippen LogP contribution in [-0.4, -0.2) is 62.2 Å². The minimum Gasteiger partial charge on any atom is -0.377 e. The van der Waals surface area contributed by atoms with Gasteiger partial charge < -0.3 is 32.2 Å². The van der Waals surface area contributed by atoms with Crippen LogP contribution in [0.15, 0.2) is 12.2 Å². The summed E-state index contributed by atoms with van der Waals surface area (Å²) in [5.74, 6) is 0. The third-order valence-corrected chi connectivity index (χ3v) is 5.46. The van der Waals surface area contributed by atoms with Crippen LogP contribution < -0.4 is 0 Å². The first kappa shape index (κ1) is 23.7. The van der Waals surface area contributed by atoms with Crippen molar-refractivity contribution in [1.82, 2.24) is 0 Å². The second kappa shape index (κ2) is 16.2. The van der Waals surface area contributed by atoms with Gasteiger partial charge in [-0.25, -0.2) is 0 Å². The van der Waals surface area contributed by atoms with Gasteiger partial charge in [-0.15, -0.1) is 0 Å². The van der Waals surface area contributed by atoms with Gasteiger partial charge in [0, 0.05) is 32.5 Å². The van der Waals surface area contributed by atoms with E-state index in [1.165, 1.54) is 0 Å². The van der Waals surface area contributed by atoms with Gasteiger partial charge in [0.1, 0.15) is 20.4 Å². The molecule has 0 heterocycles. The van der Waals surface area contributed by atoms with Gasteiger partial charge in [0.25, 0.3) is 0 Å². The van der Waals surface area contributed by atoms with Crippen molar-refractivity contribution >= 4 is 8.80 Å². The second-order valence-corrected chi connectivity index (χ2v) is 7.79. The third-order valence-electron chi connectivity index (χ3n) is 2.82. The predicted octanol–water partition coefficient (Wildman–Crippen LogP) is 2.94. The number of ether oxygens (including phenoxy) is 4. The molecule has 8 heteroatoms. The van der Waals surface area contributed by atoms with Crippen molar-refractivity contribution in [3.63, 3.8) is 0 Å². The lowest BCUT2D eigenvalue weighted by molar-refractivity contribution is -0.101. The smallest absolute Gasteiger partial charge is 0.377 e. The molecule has 0 aromatic heterocycles. The van der Waals surface area contributed by atoms with Gasteiger partial charge in [-0.2, -0.15) is 0 Å². The average Bonchev–Trinajstić information content (AvgIpc) is 2.55. The van der Waals surface area contributed by atoms with Crippen LogP contribution in [0.3, 0.4) is 0 Å². The first-order chi connectivity index (χ1) is 11.6. The van der Waals surface area contributed by atoms with Gasteiger partial charge in [-0.3, -0.25) is 0 Å². The quantitative estimate of drug-likeness (QED) is 0.160. The van der Waals surface area contributed by atoms with E-state index in [0.717, 1.165) is 12.0 Å². The molecule has 0 spiro atoms. The zero-order valence-electron chi connectivity index (χ0n) is 15.6. The standard InChI is InChI=1S/C16H34O7Si/c1-6-17-13-21-24(22-14-18-7-2,23-15-19-8-3)11-9-10-20-12-16(4)5/h4,6-15H2,1-3,5H3. The lowest BCUT2D eigenvalue weighted by Crippen LogP contribution is -2.47. The van der Waals surface area contributed by atoms with Crippen molar-refractivity contribution in [1.29, 1.82) is 0 Å². The molecule has 0 aliphatic heterocycles. The van der Waals surface area contributed by atoms with Gasteiger partial charge in [-0.05, 0) is 34.1 Å². The van der Waals surface area contributed by atoms with Crippen molar-refractivity contribution in [3.05, 3.63) is 12.2 Å². The fraction of sp³-hybridized carbons (Fsp3) is 0.875. The van der Waals surface area contributed by atoms with Gasteiger partial charge in [-0.1, -0.05) is 12.2 Å². The molecule has 0 aromatic rings. The van der Waals surface area contributed by atoms with E-state index >= 15 is 0 Å². The Kier molecular flexibility index (Phi) is 15.9. The lowest BCUT2D eigenvalue weighted by atomic mass is 10.4. The van der Waals surface area contributed by atoms with Gasteiger partial charge in [0.15, 0.2) is 0 Å². The monoisotopic (exact) mass is 366 g/mol. The first-order valence-corrected chi connectivity index (χ1v) is 10.4. The normalized spacial score (nSPS) is 11.8. The fourth-order valence-corrected chi connectivity index (χ4v) is 3.67. The second-order valence-electron chi connectivity index (χ2n) is 5.06. The SMILES string of the molecule is C=C(C)COCCC[Si](OCOCC)(OCOCC)OCOCC. The Morgan fingerprint density at radius 2 is 1.25 bits per heavy atom. The molecule has 0 saturated heterocycles. The summed E-state index contributed by atoms with van der Waals surface area (Å²) in [6.07, 6.45) is 0.740. The third kappa shape index (κ3) is 13.0. The number of hydrogen-bond acceptors (Lipinski definition) is 7. The van der Waals surface area contributed by atoms with Crippen molar-refractivity contribution in [2.45, 2.75) is 40.2 Å². The Labute approximate surface area is 147 Å². The Morgan fingerprint density at radius 3 is 1.62 bits per heavy atom. The van der Waals surface area contributed by atoms with E-state index in [4.69, 9.17) is 32.2 Å². The Hall–Kier alpha value is -0.323. The molecule has 0 unspecified atom stereocenters. The summed E-state index contributed by atoms with van der Waals surface area (Å²) < 4.78 is 38.9. The van der Waals surface area contributed by atoms with Crippen LogP contribution in [0, 0.1) is 0 Å². The minimum absolute atomic E-state index is 0.119. The highest BCUT2D eigenvalue weighted by molar-refractivity contribution is 6.60. The van der Waals surface area contributed by atoms with Crippen LogP contribution >= 0.6 is 0 Å². The van der Waals surface area contributed by atoms with E-state index in [9.17, 15) is 0 Å². The lowest BCUT2D eigenvalue weighted by Gasteiger charge is -2.29. The van der Waals surface area contributed by atoms with Crippen LogP contribution in [0.25, 0.3) is 0 Å². The van der Waals surface area contributed by atoms with Crippen molar-refractivity contribution in [2.75, 3.05) is 53.4 Å². The van der Waals surface area contributed by atoms with Crippen molar-refractivity contribution < 1.29 is 32.2 Å². The summed E-state index contributed by atoms with van der Waals surface area (Å²) in [5, 5.41) is 0. The molecule has 0 radical (unpaired) electrons. The van der Waals surface area contributed by atoms with Crippen LogP contribution in [0.2, 0.25) is 6.04 Å². The maximum atomic E-state index is 5.83. The molecule has 7 nitrogen and oxygen atoms in total. The molecule has 24 heavy (non-hydrogen) atoms. The van der Waals surface area contributed by atoms with E-state index in [-0.39, 0.29) is 20.4 Å². The zero-order valence-corrected chi connectivity index (χ0v) is 16.6. The topological polar surface area (TPSA) is 64.6 Å². The molecule has 0 N–H and O–H groups in total. The molecule has 0 fully saturated rings. The maximum Gasteiger partial charge on any atom is 0.506 e. The molecular weight excluding hydrogens is 332 g/mol. The largest absolute Gasteiger partial charge is 0.506 e. The van der Waals surface area contributed by atoms with E-state index < -0.39 is 8.80 Å². The highest BCUT2D eigenvalue weighted by Gasteiger charge is 2.41. The Morgan fingerprint density at radius 1 is 0.792 bits per heavy atom. The van der Waals surface area contributed by atoms with Crippen LogP contribution in [0.5, 0.6) is 0 Å². The summed E-state index contributed by atoms with van der Waals surface area (Å²) in [7, 11) is -2.96. The molecule has 0 bridgehead atoms. The maximum absolute atomic E-state index is 5.83. The van der Waals surface area contributed by atoms with E-state index in [1.54, 1.807) is 0 Å². The molecular formula is C16H34O7Si. The van der Waals surface area contributed by atoms with Crippen molar-refractivity contribution in [3.8, 4) is 0 Å². The van der Waals surface area contributed by atoms with Gasteiger partial charge in [0.05, 0.1) is 6.61 Å². The molecule has 0 aliphatic carbocycles. The van der Waals surface area contributed by atoms with Crippen LogP contribution in [0.1, 0.15) is 34.1 Å². The summed E-state index contributed by atoms with van der Waals surface area (Å²) in [6.45, 7) is 14.6. The molecule has 0 amide bonds. The highest BCUT2D eigenvalue weighted by Crippen LogP contribution is 2.19. The molecule has 0 atom stereocenters. The molecule has 0 aromatic carbocycles. The summed E-state index contributed by atoms with van der Waals surface area (Å²) in [5.41, 5.74) is 0.992. The van der Waals surface area contributed by atoms with Gasteiger partial charge in [0.2, 0.25) is 0 Å². The first-order valence-electron chi connectivity index (χ1n) is 8.47. The van der Waals surface area contributed by atoms with Gasteiger partial charge >= 0.3 is 8.80 Å². The van der Waals surface area contributed by atoms with Crippen LogP contribution in [-0.2, 0) is 32.2 Å². The zero-order chi connectivity index (χ0) is 18.1. The molecule has 0 aliphatic rings. The summed E-state index contributed by atoms with van der Waals surface area (Å²) >= 11 is 0. The van der Waals surface area contributed by atoms with Crippen molar-refractivity contribution in [2.24, 2.45) is 0 Å². The number of rotatable bonds is 18. The Balaban J connectivity index is 4.56. The van der Waals surface area contributed by atoms with Crippen LogP contribution in [0.4, 0.5) is 0 Å². The van der Waals surface area contributed by atoms with E-state index in [0.29, 0.717) is 39.1 Å². The molecule has 144 valence electrons. The highest BCUT2D eigenvalue weighted by atomic mass is 28.4. The van der Waals surface area contributed by atoms with E-state index in [1.807, 2.05) is 27.7 Å². The number of hydrogen-bond donors (Lipinski definition) is 0. The average molecular weight is 367 g/mol. The molecule has 0 saturated carbocycles.